The Balaban J connectivity index is 2.32. The van der Waals surface area contributed by atoms with Crippen LogP contribution >= 0.6 is 27.5 Å². The van der Waals surface area contributed by atoms with Crippen molar-refractivity contribution in [1.82, 2.24) is 5.32 Å². The molecule has 0 saturated carbocycles. The Bertz CT molecular complexity index is 592. The van der Waals surface area contributed by atoms with Crippen molar-refractivity contribution in [2.75, 3.05) is 7.05 Å². The van der Waals surface area contributed by atoms with E-state index < -0.39 is 5.82 Å². The second-order valence-electron chi connectivity index (χ2n) is 3.96. The fourth-order valence-electron chi connectivity index (χ4n) is 1.65. The zero-order valence-electron chi connectivity index (χ0n) is 10.2. The molecule has 5 heteroatoms. The van der Waals surface area contributed by atoms with Crippen molar-refractivity contribution < 1.29 is 9.13 Å². The molecular formula is C14H12BrClFNO. The molecule has 0 spiro atoms. The maximum Gasteiger partial charge on any atom is 0.166 e. The maximum absolute atomic E-state index is 13.7. The molecule has 0 aliphatic rings. The highest BCUT2D eigenvalue weighted by atomic mass is 79.9. The predicted octanol–water partition coefficient (Wildman–Crippen LogP) is 4.75. The highest BCUT2D eigenvalue weighted by molar-refractivity contribution is 9.10. The fourth-order valence-corrected chi connectivity index (χ4v) is 2.18. The van der Waals surface area contributed by atoms with E-state index >= 15 is 0 Å². The van der Waals surface area contributed by atoms with Crippen LogP contribution in [0.1, 0.15) is 5.56 Å². The number of nitrogens with one attached hydrogen (secondary N) is 1. The van der Waals surface area contributed by atoms with Gasteiger partial charge in [0.1, 0.15) is 5.75 Å². The van der Waals surface area contributed by atoms with E-state index in [4.69, 9.17) is 16.3 Å². The minimum absolute atomic E-state index is 0.183. The topological polar surface area (TPSA) is 21.3 Å². The molecule has 0 bridgehead atoms. The summed E-state index contributed by atoms with van der Waals surface area (Å²) in [5.74, 6) is 0.350. The lowest BCUT2D eigenvalue weighted by atomic mass is 10.2. The average molecular weight is 345 g/mol. The van der Waals surface area contributed by atoms with Crippen LogP contribution in [-0.4, -0.2) is 7.05 Å². The molecule has 0 amide bonds. The minimum atomic E-state index is -0.417. The lowest BCUT2D eigenvalue weighted by molar-refractivity contribution is 0.436. The van der Waals surface area contributed by atoms with Gasteiger partial charge >= 0.3 is 0 Å². The molecule has 0 aromatic heterocycles. The average Bonchev–Trinajstić information content (AvgIpc) is 2.36. The second-order valence-corrected chi connectivity index (χ2v) is 5.31. The van der Waals surface area contributed by atoms with Gasteiger partial charge in [-0.25, -0.2) is 4.39 Å². The summed E-state index contributed by atoms with van der Waals surface area (Å²) in [6, 6.07) is 9.92. The van der Waals surface area contributed by atoms with Gasteiger partial charge in [-0.2, -0.15) is 0 Å². The predicted molar refractivity (Wildman–Crippen MR) is 78.4 cm³/mol. The van der Waals surface area contributed by atoms with Crippen LogP contribution in [0, 0.1) is 5.82 Å². The first-order valence-electron chi connectivity index (χ1n) is 5.66. The van der Waals surface area contributed by atoms with Gasteiger partial charge in [-0.1, -0.05) is 27.5 Å². The summed E-state index contributed by atoms with van der Waals surface area (Å²) in [7, 11) is 1.82. The van der Waals surface area contributed by atoms with Gasteiger partial charge in [-0.3, -0.25) is 0 Å². The third-order valence-electron chi connectivity index (χ3n) is 2.50. The molecule has 0 radical (unpaired) electrons. The summed E-state index contributed by atoms with van der Waals surface area (Å²) in [5.41, 5.74) is 0.873. The van der Waals surface area contributed by atoms with E-state index in [1.165, 1.54) is 6.07 Å². The summed E-state index contributed by atoms with van der Waals surface area (Å²) >= 11 is 9.15. The third-order valence-corrected chi connectivity index (χ3v) is 3.23. The van der Waals surface area contributed by atoms with Crippen LogP contribution < -0.4 is 10.1 Å². The standard InChI is InChI=1S/C14H12BrClFNO/c1-18-8-9-6-11(16)3-5-13(9)19-14-4-2-10(15)7-12(14)17/h2-7,18H,8H2,1H3. The molecule has 19 heavy (non-hydrogen) atoms. The number of halogens is 3. The SMILES string of the molecule is CNCc1cc(Cl)ccc1Oc1ccc(Br)cc1F. The Morgan fingerprint density at radius 3 is 2.63 bits per heavy atom. The first kappa shape index (κ1) is 14.3. The van der Waals surface area contributed by atoms with Gasteiger partial charge in [0.15, 0.2) is 11.6 Å². The lowest BCUT2D eigenvalue weighted by Crippen LogP contribution is -2.06. The summed E-state index contributed by atoms with van der Waals surface area (Å²) in [5, 5.41) is 3.64. The van der Waals surface area contributed by atoms with Crippen molar-refractivity contribution >= 4 is 27.5 Å². The molecule has 2 aromatic carbocycles. The molecule has 0 heterocycles. The molecule has 0 unspecified atom stereocenters. The largest absolute Gasteiger partial charge is 0.454 e. The molecule has 2 aromatic rings. The zero-order chi connectivity index (χ0) is 13.8. The fraction of sp³-hybridized carbons (Fsp3) is 0.143. The van der Waals surface area contributed by atoms with E-state index in [1.807, 2.05) is 7.05 Å². The van der Waals surface area contributed by atoms with Crippen LogP contribution in [0.4, 0.5) is 4.39 Å². The van der Waals surface area contributed by atoms with Gasteiger partial charge in [0.25, 0.3) is 0 Å². The Hall–Kier alpha value is -1.10. The first-order valence-corrected chi connectivity index (χ1v) is 6.83. The molecule has 1 N–H and O–H groups in total. The van der Waals surface area contributed by atoms with Crippen LogP contribution in [-0.2, 0) is 6.54 Å². The Labute approximate surface area is 124 Å². The Morgan fingerprint density at radius 1 is 1.21 bits per heavy atom. The Kier molecular flexibility index (Phi) is 4.80. The van der Waals surface area contributed by atoms with Crippen molar-refractivity contribution in [3.8, 4) is 11.5 Å². The molecule has 0 saturated heterocycles. The quantitative estimate of drug-likeness (QED) is 0.864. The third kappa shape index (κ3) is 3.69. The second kappa shape index (κ2) is 6.37. The van der Waals surface area contributed by atoms with Crippen molar-refractivity contribution in [1.29, 1.82) is 0 Å². The van der Waals surface area contributed by atoms with E-state index in [0.29, 0.717) is 21.8 Å². The highest BCUT2D eigenvalue weighted by Crippen LogP contribution is 2.30. The van der Waals surface area contributed by atoms with Crippen LogP contribution in [0.25, 0.3) is 0 Å². The van der Waals surface area contributed by atoms with Gasteiger partial charge in [0.05, 0.1) is 0 Å². The molecular weight excluding hydrogens is 333 g/mol. The van der Waals surface area contributed by atoms with E-state index in [0.717, 1.165) is 5.56 Å². The number of hydrogen-bond acceptors (Lipinski definition) is 2. The van der Waals surface area contributed by atoms with Crippen LogP contribution in [0.15, 0.2) is 40.9 Å². The van der Waals surface area contributed by atoms with E-state index in [-0.39, 0.29) is 5.75 Å². The van der Waals surface area contributed by atoms with Crippen molar-refractivity contribution in [3.63, 3.8) is 0 Å². The number of benzene rings is 2. The first-order chi connectivity index (χ1) is 9.10. The maximum atomic E-state index is 13.7. The van der Waals surface area contributed by atoms with E-state index in [9.17, 15) is 4.39 Å². The summed E-state index contributed by atoms with van der Waals surface area (Å²) < 4.78 is 20.0. The molecule has 2 rings (SSSR count). The normalized spacial score (nSPS) is 10.5. The van der Waals surface area contributed by atoms with Crippen molar-refractivity contribution in [2.45, 2.75) is 6.54 Å². The van der Waals surface area contributed by atoms with E-state index in [1.54, 1.807) is 30.3 Å². The monoisotopic (exact) mass is 343 g/mol. The number of rotatable bonds is 4. The molecule has 0 atom stereocenters. The van der Waals surface area contributed by atoms with Crippen LogP contribution in [0.2, 0.25) is 5.02 Å². The summed E-state index contributed by atoms with van der Waals surface area (Å²) in [6.45, 7) is 0.591. The molecule has 0 fully saturated rings. The minimum Gasteiger partial charge on any atom is -0.454 e. The zero-order valence-corrected chi connectivity index (χ0v) is 12.6. The van der Waals surface area contributed by atoms with Crippen molar-refractivity contribution in [3.05, 3.63) is 57.3 Å². The van der Waals surface area contributed by atoms with Gasteiger partial charge in [0.2, 0.25) is 0 Å². The van der Waals surface area contributed by atoms with E-state index in [2.05, 4.69) is 21.2 Å². The molecule has 0 aliphatic carbocycles. The smallest absolute Gasteiger partial charge is 0.166 e. The van der Waals surface area contributed by atoms with Gasteiger partial charge in [0, 0.05) is 21.6 Å². The lowest BCUT2D eigenvalue weighted by Gasteiger charge is -2.12. The van der Waals surface area contributed by atoms with Crippen LogP contribution in [0.5, 0.6) is 11.5 Å². The highest BCUT2D eigenvalue weighted by Gasteiger charge is 2.09. The van der Waals surface area contributed by atoms with Gasteiger partial charge in [-0.15, -0.1) is 0 Å². The number of hydrogen-bond donors (Lipinski definition) is 1. The summed E-state index contributed by atoms with van der Waals surface area (Å²) in [4.78, 5) is 0. The molecule has 100 valence electrons. The molecule has 0 aliphatic heterocycles. The van der Waals surface area contributed by atoms with Gasteiger partial charge in [-0.05, 0) is 43.4 Å². The van der Waals surface area contributed by atoms with Gasteiger partial charge < -0.3 is 10.1 Å². The van der Waals surface area contributed by atoms with Crippen molar-refractivity contribution in [2.24, 2.45) is 0 Å². The molecule has 2 nitrogen and oxygen atoms in total. The Morgan fingerprint density at radius 2 is 1.95 bits per heavy atom. The number of ether oxygens (including phenoxy) is 1. The van der Waals surface area contributed by atoms with Crippen LogP contribution in [0.3, 0.4) is 0 Å². The summed E-state index contributed by atoms with van der Waals surface area (Å²) in [6.07, 6.45) is 0.